The predicted octanol–water partition coefficient (Wildman–Crippen LogP) is 3.48. The van der Waals surface area contributed by atoms with Crippen molar-refractivity contribution in [3.05, 3.63) is 66.9 Å². The summed E-state index contributed by atoms with van der Waals surface area (Å²) in [5.74, 6) is 0.949. The van der Waals surface area contributed by atoms with Gasteiger partial charge in [0.15, 0.2) is 0 Å². The predicted molar refractivity (Wildman–Crippen MR) is 124 cm³/mol. The minimum Gasteiger partial charge on any atom is -0.497 e. The zero-order valence-corrected chi connectivity index (χ0v) is 17.9. The molecule has 1 atom stereocenters. The van der Waals surface area contributed by atoms with E-state index in [0.717, 1.165) is 29.5 Å². The number of fused-ring (bicyclic) bond motifs is 1. The Morgan fingerprint density at radius 1 is 1.22 bits per heavy atom. The highest BCUT2D eigenvalue weighted by Crippen LogP contribution is 2.21. The van der Waals surface area contributed by atoms with Crippen LogP contribution in [-0.4, -0.2) is 52.9 Å². The fraction of sp³-hybridized carbons (Fsp3) is 0.250. The van der Waals surface area contributed by atoms with Gasteiger partial charge in [-0.2, -0.15) is 0 Å². The Balaban J connectivity index is 1.41. The van der Waals surface area contributed by atoms with Gasteiger partial charge in [-0.05, 0) is 55.3 Å². The third-order valence-electron chi connectivity index (χ3n) is 5.42. The number of carbonyl (C=O) groups excluding carboxylic acids is 2. The number of nitrogens with zero attached hydrogens (tertiary/aromatic N) is 3. The lowest BCUT2D eigenvalue weighted by molar-refractivity contribution is -0.111. The Morgan fingerprint density at radius 3 is 2.78 bits per heavy atom. The molecule has 0 unspecified atom stereocenters. The monoisotopic (exact) mass is 431 g/mol. The summed E-state index contributed by atoms with van der Waals surface area (Å²) in [6.07, 6.45) is 4.80. The second-order valence-corrected chi connectivity index (χ2v) is 7.62. The number of hydrogen-bond acceptors (Lipinski definition) is 6. The molecule has 2 aromatic carbocycles. The SMILES string of the molecule is C=CC(=O)Nc1ccc(C(=O)N2CCC[C@H](Nc3ncc4ccc(OC)cc4n3)C2)cc1. The number of aromatic nitrogens is 2. The highest BCUT2D eigenvalue weighted by molar-refractivity contribution is 5.99. The first-order valence-corrected chi connectivity index (χ1v) is 10.5. The third-order valence-corrected chi connectivity index (χ3v) is 5.42. The molecule has 8 nitrogen and oxygen atoms in total. The number of hydrogen-bond donors (Lipinski definition) is 2. The van der Waals surface area contributed by atoms with Gasteiger partial charge in [0.1, 0.15) is 5.75 Å². The zero-order valence-electron chi connectivity index (χ0n) is 17.9. The molecule has 2 heterocycles. The molecule has 2 amide bonds. The van der Waals surface area contributed by atoms with Crippen LogP contribution >= 0.6 is 0 Å². The van der Waals surface area contributed by atoms with Gasteiger partial charge in [0, 0.05) is 48.0 Å². The maximum absolute atomic E-state index is 13.0. The van der Waals surface area contributed by atoms with Crippen LogP contribution in [0.1, 0.15) is 23.2 Å². The fourth-order valence-electron chi connectivity index (χ4n) is 3.73. The second-order valence-electron chi connectivity index (χ2n) is 7.62. The van der Waals surface area contributed by atoms with E-state index < -0.39 is 0 Å². The van der Waals surface area contributed by atoms with Crippen molar-refractivity contribution in [3.63, 3.8) is 0 Å². The molecule has 0 spiro atoms. The van der Waals surface area contributed by atoms with Crippen LogP contribution in [0, 0.1) is 0 Å². The van der Waals surface area contributed by atoms with E-state index in [4.69, 9.17) is 4.74 Å². The van der Waals surface area contributed by atoms with E-state index in [1.165, 1.54) is 6.08 Å². The summed E-state index contributed by atoms with van der Waals surface area (Å²) >= 11 is 0. The normalized spacial score (nSPS) is 15.8. The van der Waals surface area contributed by atoms with E-state index in [9.17, 15) is 9.59 Å². The molecule has 3 aromatic rings. The van der Waals surface area contributed by atoms with Gasteiger partial charge >= 0.3 is 0 Å². The van der Waals surface area contributed by atoms with Gasteiger partial charge < -0.3 is 20.3 Å². The summed E-state index contributed by atoms with van der Waals surface area (Å²) in [6.45, 7) is 4.69. The molecule has 0 radical (unpaired) electrons. The molecule has 0 bridgehead atoms. The minimum atomic E-state index is -0.289. The standard InChI is InChI=1S/C24H25N5O3/c1-3-22(30)26-18-9-6-16(7-10-18)23(31)29-12-4-5-19(15-29)27-24-25-14-17-8-11-20(32-2)13-21(17)28-24/h3,6-11,13-14,19H,1,4-5,12,15H2,2H3,(H,26,30)(H,25,27,28)/t19-/m0/s1. The molecule has 1 aromatic heterocycles. The molecule has 1 aliphatic rings. The summed E-state index contributed by atoms with van der Waals surface area (Å²) < 4.78 is 5.28. The average Bonchev–Trinajstić information content (AvgIpc) is 2.83. The highest BCUT2D eigenvalue weighted by Gasteiger charge is 2.25. The van der Waals surface area contributed by atoms with E-state index in [2.05, 4.69) is 27.2 Å². The minimum absolute atomic E-state index is 0.0396. The summed E-state index contributed by atoms with van der Waals surface area (Å²) in [7, 11) is 1.63. The van der Waals surface area contributed by atoms with Crippen molar-refractivity contribution in [3.8, 4) is 5.75 Å². The molecular formula is C24H25N5O3. The van der Waals surface area contributed by atoms with Crippen LogP contribution in [0.2, 0.25) is 0 Å². The summed E-state index contributed by atoms with van der Waals surface area (Å²) in [6, 6.07) is 12.6. The first kappa shape index (κ1) is 21.3. The molecule has 8 heteroatoms. The number of benzene rings is 2. The highest BCUT2D eigenvalue weighted by atomic mass is 16.5. The number of ether oxygens (including phenoxy) is 1. The molecule has 164 valence electrons. The van der Waals surface area contributed by atoms with Crippen LogP contribution in [0.4, 0.5) is 11.6 Å². The van der Waals surface area contributed by atoms with Gasteiger partial charge in [-0.3, -0.25) is 9.59 Å². The van der Waals surface area contributed by atoms with Crippen LogP contribution in [-0.2, 0) is 4.79 Å². The van der Waals surface area contributed by atoms with Crippen molar-refractivity contribution in [2.45, 2.75) is 18.9 Å². The quantitative estimate of drug-likeness (QED) is 0.580. The molecule has 1 fully saturated rings. The van der Waals surface area contributed by atoms with Crippen LogP contribution < -0.4 is 15.4 Å². The van der Waals surface area contributed by atoms with Crippen molar-refractivity contribution in [2.75, 3.05) is 30.8 Å². The first-order valence-electron chi connectivity index (χ1n) is 10.5. The lowest BCUT2D eigenvalue weighted by Crippen LogP contribution is -2.45. The smallest absolute Gasteiger partial charge is 0.253 e. The number of nitrogens with one attached hydrogen (secondary N) is 2. The Hall–Kier alpha value is -3.94. The third kappa shape index (κ3) is 4.85. The zero-order chi connectivity index (χ0) is 22.5. The molecule has 1 saturated heterocycles. The van der Waals surface area contributed by atoms with Crippen molar-refractivity contribution in [1.29, 1.82) is 0 Å². The van der Waals surface area contributed by atoms with Crippen LogP contribution in [0.5, 0.6) is 5.75 Å². The molecule has 2 N–H and O–H groups in total. The number of amides is 2. The molecule has 0 aliphatic carbocycles. The maximum atomic E-state index is 13.0. The van der Waals surface area contributed by atoms with Crippen LogP contribution in [0.15, 0.2) is 61.3 Å². The molecule has 4 rings (SSSR count). The summed E-state index contributed by atoms with van der Waals surface area (Å²) in [5, 5.41) is 6.98. The number of carbonyl (C=O) groups is 2. The van der Waals surface area contributed by atoms with Crippen molar-refractivity contribution in [2.24, 2.45) is 0 Å². The molecule has 0 saturated carbocycles. The second kappa shape index (κ2) is 9.47. The van der Waals surface area contributed by atoms with Crippen molar-refractivity contribution in [1.82, 2.24) is 14.9 Å². The van der Waals surface area contributed by atoms with E-state index in [-0.39, 0.29) is 17.9 Å². The van der Waals surface area contributed by atoms with E-state index in [0.29, 0.717) is 30.3 Å². The Bertz CT molecular complexity index is 1150. The summed E-state index contributed by atoms with van der Waals surface area (Å²) in [5.41, 5.74) is 2.00. The molecular weight excluding hydrogens is 406 g/mol. The van der Waals surface area contributed by atoms with Crippen molar-refractivity contribution >= 4 is 34.4 Å². The van der Waals surface area contributed by atoms with Crippen molar-refractivity contribution < 1.29 is 14.3 Å². The first-order chi connectivity index (χ1) is 15.6. The maximum Gasteiger partial charge on any atom is 0.253 e. The number of anilines is 2. The van der Waals surface area contributed by atoms with Gasteiger partial charge in [-0.1, -0.05) is 6.58 Å². The van der Waals surface area contributed by atoms with Crippen LogP contribution in [0.25, 0.3) is 10.9 Å². The van der Waals surface area contributed by atoms with E-state index in [1.54, 1.807) is 37.6 Å². The average molecular weight is 431 g/mol. The lowest BCUT2D eigenvalue weighted by Gasteiger charge is -2.33. The topological polar surface area (TPSA) is 96.5 Å². The van der Waals surface area contributed by atoms with E-state index in [1.807, 2.05) is 23.1 Å². The van der Waals surface area contributed by atoms with Gasteiger partial charge in [-0.15, -0.1) is 0 Å². The molecule has 1 aliphatic heterocycles. The largest absolute Gasteiger partial charge is 0.497 e. The number of rotatable bonds is 6. The number of methoxy groups -OCH3 is 1. The number of piperidine rings is 1. The fourth-order valence-corrected chi connectivity index (χ4v) is 3.73. The molecule has 32 heavy (non-hydrogen) atoms. The van der Waals surface area contributed by atoms with Gasteiger partial charge in [0.05, 0.1) is 12.6 Å². The van der Waals surface area contributed by atoms with Gasteiger partial charge in [0.25, 0.3) is 5.91 Å². The van der Waals surface area contributed by atoms with Gasteiger partial charge in [-0.25, -0.2) is 9.97 Å². The Labute approximate surface area is 186 Å². The van der Waals surface area contributed by atoms with Gasteiger partial charge in [0.2, 0.25) is 11.9 Å². The van der Waals surface area contributed by atoms with Crippen LogP contribution in [0.3, 0.4) is 0 Å². The number of likely N-dealkylation sites (tertiary alicyclic amines) is 1. The van der Waals surface area contributed by atoms with E-state index >= 15 is 0 Å². The summed E-state index contributed by atoms with van der Waals surface area (Å²) in [4.78, 5) is 35.2. The lowest BCUT2D eigenvalue weighted by atomic mass is 10.0. The Morgan fingerprint density at radius 2 is 2.03 bits per heavy atom. The Kier molecular flexibility index (Phi) is 6.30.